The average Bonchev–Trinajstić information content (AvgIpc) is 3.06. The molecule has 184 valence electrons. The molecule has 2 aromatic carbocycles. The zero-order chi connectivity index (χ0) is 25.1. The molecule has 3 rings (SSSR count). The molecule has 0 bridgehead atoms. The van der Waals surface area contributed by atoms with Crippen molar-refractivity contribution in [1.82, 2.24) is 14.3 Å². The summed E-state index contributed by atoms with van der Waals surface area (Å²) in [6.07, 6.45) is -10.0. The van der Waals surface area contributed by atoms with Crippen LogP contribution >= 0.6 is 11.6 Å². The van der Waals surface area contributed by atoms with Crippen LogP contribution in [0.25, 0.3) is 0 Å². The second kappa shape index (κ2) is 10.2. The SMILES string of the molecule is CC(CCl)Cn1nc(CCc2cc(C(F)(F)F)cc(C(F)(F)F)c2)n(Cc2ccccc2)c1=O. The fourth-order valence-corrected chi connectivity index (χ4v) is 3.58. The van der Waals surface area contributed by atoms with Gasteiger partial charge in [0.1, 0.15) is 5.82 Å². The van der Waals surface area contributed by atoms with E-state index in [1.807, 2.05) is 13.0 Å². The first-order valence-corrected chi connectivity index (χ1v) is 11.0. The molecule has 0 aliphatic carbocycles. The molecular weight excluding hydrogens is 484 g/mol. The van der Waals surface area contributed by atoms with Crippen LogP contribution in [0.3, 0.4) is 0 Å². The van der Waals surface area contributed by atoms with Gasteiger partial charge in [0.25, 0.3) is 0 Å². The lowest BCUT2D eigenvalue weighted by Gasteiger charge is -2.14. The van der Waals surface area contributed by atoms with Crippen LogP contribution in [0.5, 0.6) is 0 Å². The summed E-state index contributed by atoms with van der Waals surface area (Å²) in [4.78, 5) is 13.0. The highest BCUT2D eigenvalue weighted by Gasteiger charge is 2.36. The first-order valence-electron chi connectivity index (χ1n) is 10.4. The highest BCUT2D eigenvalue weighted by atomic mass is 35.5. The normalized spacial score (nSPS) is 13.3. The number of benzene rings is 2. The number of aryl methyl sites for hydroxylation is 2. The quantitative estimate of drug-likeness (QED) is 0.287. The van der Waals surface area contributed by atoms with Gasteiger partial charge in [0.15, 0.2) is 0 Å². The zero-order valence-electron chi connectivity index (χ0n) is 18.1. The summed E-state index contributed by atoms with van der Waals surface area (Å²) >= 11 is 5.84. The molecule has 0 radical (unpaired) electrons. The molecule has 4 nitrogen and oxygen atoms in total. The van der Waals surface area contributed by atoms with Crippen molar-refractivity contribution in [2.24, 2.45) is 5.92 Å². The van der Waals surface area contributed by atoms with Crippen molar-refractivity contribution in [1.29, 1.82) is 0 Å². The third-order valence-electron chi connectivity index (χ3n) is 5.22. The van der Waals surface area contributed by atoms with Crippen molar-refractivity contribution in [2.75, 3.05) is 5.88 Å². The summed E-state index contributed by atoms with van der Waals surface area (Å²) in [6.45, 7) is 2.23. The third kappa shape index (κ3) is 6.43. The maximum atomic E-state index is 13.2. The second-order valence-electron chi connectivity index (χ2n) is 8.13. The number of nitrogens with zero attached hydrogens (tertiary/aromatic N) is 3. The lowest BCUT2D eigenvalue weighted by molar-refractivity contribution is -0.143. The predicted octanol–water partition coefficient (Wildman–Crippen LogP) is 5.79. The molecule has 1 heterocycles. The summed E-state index contributed by atoms with van der Waals surface area (Å²) in [5.41, 5.74) is -2.52. The Labute approximate surface area is 196 Å². The van der Waals surface area contributed by atoms with E-state index in [1.165, 1.54) is 9.25 Å². The summed E-state index contributed by atoms with van der Waals surface area (Å²) in [5, 5.41) is 4.32. The van der Waals surface area contributed by atoms with Crippen molar-refractivity contribution in [3.8, 4) is 0 Å². The number of alkyl halides is 7. The molecule has 34 heavy (non-hydrogen) atoms. The van der Waals surface area contributed by atoms with Gasteiger partial charge < -0.3 is 0 Å². The van der Waals surface area contributed by atoms with Gasteiger partial charge in [-0.1, -0.05) is 37.3 Å². The van der Waals surface area contributed by atoms with Gasteiger partial charge in [0.05, 0.1) is 24.2 Å². The van der Waals surface area contributed by atoms with Crippen LogP contribution in [-0.4, -0.2) is 20.2 Å². The molecular formula is C23H22ClF6N3O. The van der Waals surface area contributed by atoms with E-state index in [-0.39, 0.29) is 55.2 Å². The molecule has 1 atom stereocenters. The lowest BCUT2D eigenvalue weighted by atomic mass is 10.0. The molecule has 0 saturated heterocycles. The van der Waals surface area contributed by atoms with Crippen LogP contribution in [0.2, 0.25) is 0 Å². The maximum absolute atomic E-state index is 13.2. The molecule has 0 spiro atoms. The fraction of sp³-hybridized carbons (Fsp3) is 0.391. The summed E-state index contributed by atoms with van der Waals surface area (Å²) in [7, 11) is 0. The largest absolute Gasteiger partial charge is 0.416 e. The standard InChI is InChI=1S/C23H22ClF6N3O/c1-15(12-24)13-33-21(34)32(14-16-5-3-2-4-6-16)20(31-33)8-7-17-9-18(22(25,26)27)11-19(10-17)23(28,29)30/h2-6,9-11,15H,7-8,12-14H2,1H3. The van der Waals surface area contributed by atoms with Gasteiger partial charge in [-0.05, 0) is 41.7 Å². The smallest absolute Gasteiger partial charge is 0.274 e. The van der Waals surface area contributed by atoms with Crippen LogP contribution in [-0.2, 0) is 38.3 Å². The minimum atomic E-state index is -4.93. The van der Waals surface area contributed by atoms with Crippen LogP contribution in [0.1, 0.15) is 35.0 Å². The van der Waals surface area contributed by atoms with Gasteiger partial charge in [-0.2, -0.15) is 31.4 Å². The number of hydrogen-bond acceptors (Lipinski definition) is 2. The van der Waals surface area contributed by atoms with E-state index in [9.17, 15) is 31.1 Å². The maximum Gasteiger partial charge on any atom is 0.416 e. The lowest BCUT2D eigenvalue weighted by Crippen LogP contribution is -2.28. The molecule has 1 aromatic heterocycles. The van der Waals surface area contributed by atoms with Crippen LogP contribution in [0.15, 0.2) is 53.3 Å². The fourth-order valence-electron chi connectivity index (χ4n) is 3.48. The Balaban J connectivity index is 1.95. The number of aromatic nitrogens is 3. The van der Waals surface area contributed by atoms with Gasteiger partial charge >= 0.3 is 18.0 Å². The Morgan fingerprint density at radius 1 is 0.912 bits per heavy atom. The van der Waals surface area contributed by atoms with Crippen molar-refractivity contribution in [3.05, 3.63) is 87.1 Å². The number of hydrogen-bond donors (Lipinski definition) is 0. The van der Waals surface area contributed by atoms with E-state index in [1.54, 1.807) is 24.3 Å². The Morgan fingerprint density at radius 3 is 2.03 bits per heavy atom. The molecule has 0 N–H and O–H groups in total. The molecule has 0 aliphatic heterocycles. The minimum Gasteiger partial charge on any atom is -0.274 e. The van der Waals surface area contributed by atoms with Crippen molar-refractivity contribution >= 4 is 11.6 Å². The highest BCUT2D eigenvalue weighted by Crippen LogP contribution is 2.36. The first kappa shape index (κ1) is 25.9. The Morgan fingerprint density at radius 2 is 1.50 bits per heavy atom. The van der Waals surface area contributed by atoms with Crippen molar-refractivity contribution < 1.29 is 26.3 Å². The molecule has 1 unspecified atom stereocenters. The van der Waals surface area contributed by atoms with Crippen LogP contribution < -0.4 is 5.69 Å². The monoisotopic (exact) mass is 505 g/mol. The van der Waals surface area contributed by atoms with E-state index in [0.717, 1.165) is 5.56 Å². The van der Waals surface area contributed by atoms with E-state index < -0.39 is 29.2 Å². The van der Waals surface area contributed by atoms with Gasteiger partial charge in [-0.3, -0.25) is 4.57 Å². The summed E-state index contributed by atoms with van der Waals surface area (Å²) < 4.78 is 81.7. The van der Waals surface area contributed by atoms with Crippen LogP contribution in [0, 0.1) is 5.92 Å². The van der Waals surface area contributed by atoms with E-state index in [4.69, 9.17) is 11.6 Å². The third-order valence-corrected chi connectivity index (χ3v) is 5.74. The van der Waals surface area contributed by atoms with Gasteiger partial charge in [0, 0.05) is 12.3 Å². The molecule has 0 saturated carbocycles. The summed E-state index contributed by atoms with van der Waals surface area (Å²) in [5.74, 6) is 0.490. The topological polar surface area (TPSA) is 39.8 Å². The zero-order valence-corrected chi connectivity index (χ0v) is 18.9. The molecule has 0 aliphatic rings. The predicted molar refractivity (Wildman–Crippen MR) is 116 cm³/mol. The Bertz CT molecular complexity index is 1140. The minimum absolute atomic E-state index is 0.0249. The van der Waals surface area contributed by atoms with E-state index in [0.29, 0.717) is 12.1 Å². The second-order valence-corrected chi connectivity index (χ2v) is 8.43. The molecule has 0 amide bonds. The van der Waals surface area contributed by atoms with Crippen LogP contribution in [0.4, 0.5) is 26.3 Å². The highest BCUT2D eigenvalue weighted by molar-refractivity contribution is 6.18. The van der Waals surface area contributed by atoms with E-state index >= 15 is 0 Å². The van der Waals surface area contributed by atoms with E-state index in [2.05, 4.69) is 5.10 Å². The average molecular weight is 506 g/mol. The number of halogens is 7. The molecule has 11 heteroatoms. The first-order chi connectivity index (χ1) is 15.9. The van der Waals surface area contributed by atoms with Gasteiger partial charge in [0.2, 0.25) is 0 Å². The van der Waals surface area contributed by atoms with Gasteiger partial charge in [-0.15, -0.1) is 11.6 Å². The Kier molecular flexibility index (Phi) is 7.80. The van der Waals surface area contributed by atoms with Gasteiger partial charge in [-0.25, -0.2) is 9.48 Å². The van der Waals surface area contributed by atoms with Crippen molar-refractivity contribution in [2.45, 2.75) is 45.2 Å². The Hall–Kier alpha value is -2.75. The molecule has 3 aromatic rings. The van der Waals surface area contributed by atoms with Crippen molar-refractivity contribution in [3.63, 3.8) is 0 Å². The molecule has 0 fully saturated rings. The summed E-state index contributed by atoms with van der Waals surface area (Å²) in [6, 6.07) is 10.5. The number of rotatable bonds is 8.